The number of hydrogen-bond donors (Lipinski definition) is 1. The summed E-state index contributed by atoms with van der Waals surface area (Å²) < 4.78 is 0. The number of rotatable bonds is 8. The molecule has 0 aliphatic heterocycles. The van der Waals surface area contributed by atoms with Crippen molar-refractivity contribution in [1.82, 2.24) is 4.90 Å². The summed E-state index contributed by atoms with van der Waals surface area (Å²) in [6.45, 7) is 3.57. The molecule has 1 N–H and O–H groups in total. The minimum absolute atomic E-state index is 0.0610. The van der Waals surface area contributed by atoms with Gasteiger partial charge >= 0.3 is 5.97 Å². The number of carboxylic acid groups (broad SMARTS) is 1. The lowest BCUT2D eigenvalue weighted by Gasteiger charge is -2.26. The van der Waals surface area contributed by atoms with Gasteiger partial charge in [-0.25, -0.2) is 0 Å². The molecular weight excluding hydrogens is 310 g/mol. The second-order valence-electron chi connectivity index (χ2n) is 4.73. The van der Waals surface area contributed by atoms with E-state index in [4.69, 9.17) is 16.7 Å². The molecule has 0 bridgehead atoms. The van der Waals surface area contributed by atoms with Crippen molar-refractivity contribution in [1.29, 1.82) is 0 Å². The van der Waals surface area contributed by atoms with Gasteiger partial charge in [0.15, 0.2) is 0 Å². The van der Waals surface area contributed by atoms with Crippen molar-refractivity contribution < 1.29 is 14.7 Å². The first-order valence-corrected chi connectivity index (χ1v) is 8.20. The molecule has 1 aromatic carbocycles. The summed E-state index contributed by atoms with van der Waals surface area (Å²) in [7, 11) is 0. The molecular formula is C15H20ClNO3S. The SMILES string of the molecule is CCC(C)N(CC(=O)O)C(=O)CCSc1ccc(Cl)cc1. The molecule has 116 valence electrons. The number of aliphatic carboxylic acids is 1. The highest BCUT2D eigenvalue weighted by Crippen LogP contribution is 2.21. The summed E-state index contributed by atoms with van der Waals surface area (Å²) in [6, 6.07) is 7.36. The standard InChI is InChI=1S/C15H20ClNO3S/c1-3-11(2)17(10-15(19)20)14(18)8-9-21-13-6-4-12(16)5-7-13/h4-7,11H,3,8-10H2,1-2H3,(H,19,20). The Balaban J connectivity index is 2.49. The minimum Gasteiger partial charge on any atom is -0.480 e. The highest BCUT2D eigenvalue weighted by molar-refractivity contribution is 7.99. The van der Waals surface area contributed by atoms with Crippen molar-refractivity contribution in [3.8, 4) is 0 Å². The van der Waals surface area contributed by atoms with Crippen LogP contribution < -0.4 is 0 Å². The molecule has 4 nitrogen and oxygen atoms in total. The highest BCUT2D eigenvalue weighted by atomic mass is 35.5. The van der Waals surface area contributed by atoms with Crippen LogP contribution >= 0.6 is 23.4 Å². The fourth-order valence-electron chi connectivity index (χ4n) is 1.79. The van der Waals surface area contributed by atoms with Crippen LogP contribution in [-0.4, -0.2) is 40.2 Å². The minimum atomic E-state index is -0.978. The van der Waals surface area contributed by atoms with E-state index in [0.29, 0.717) is 17.2 Å². The van der Waals surface area contributed by atoms with Crippen molar-refractivity contribution in [3.63, 3.8) is 0 Å². The van der Waals surface area contributed by atoms with Crippen molar-refractivity contribution in [2.45, 2.75) is 37.6 Å². The summed E-state index contributed by atoms with van der Waals surface area (Å²) in [6.07, 6.45) is 1.06. The molecule has 0 saturated heterocycles. The third-order valence-corrected chi connectivity index (χ3v) is 4.41. The Morgan fingerprint density at radius 3 is 2.48 bits per heavy atom. The van der Waals surface area contributed by atoms with E-state index in [1.54, 1.807) is 11.8 Å². The average molecular weight is 330 g/mol. The molecule has 1 atom stereocenters. The molecule has 0 aromatic heterocycles. The van der Waals surface area contributed by atoms with Crippen LogP contribution in [0, 0.1) is 0 Å². The van der Waals surface area contributed by atoms with E-state index >= 15 is 0 Å². The molecule has 0 radical (unpaired) electrons. The van der Waals surface area contributed by atoms with E-state index in [9.17, 15) is 9.59 Å². The Bertz CT molecular complexity index is 478. The number of amides is 1. The van der Waals surface area contributed by atoms with Gasteiger partial charge in [-0.2, -0.15) is 0 Å². The number of halogens is 1. The van der Waals surface area contributed by atoms with Crippen LogP contribution in [0.1, 0.15) is 26.7 Å². The van der Waals surface area contributed by atoms with Crippen molar-refractivity contribution in [2.75, 3.05) is 12.3 Å². The number of carbonyl (C=O) groups is 2. The molecule has 1 amide bonds. The van der Waals surface area contributed by atoms with Crippen LogP contribution in [0.25, 0.3) is 0 Å². The van der Waals surface area contributed by atoms with Crippen LogP contribution in [-0.2, 0) is 9.59 Å². The van der Waals surface area contributed by atoms with E-state index in [0.717, 1.165) is 11.3 Å². The largest absolute Gasteiger partial charge is 0.480 e. The molecule has 0 fully saturated rings. The summed E-state index contributed by atoms with van der Waals surface area (Å²) in [4.78, 5) is 25.5. The quantitative estimate of drug-likeness (QED) is 0.741. The number of carboxylic acids is 1. The maximum absolute atomic E-state index is 12.2. The summed E-state index contributed by atoms with van der Waals surface area (Å²) in [5.41, 5.74) is 0. The van der Waals surface area contributed by atoms with Gasteiger partial charge in [0.1, 0.15) is 6.54 Å². The predicted molar refractivity (Wildman–Crippen MR) is 85.9 cm³/mol. The van der Waals surface area contributed by atoms with Gasteiger partial charge < -0.3 is 10.0 Å². The van der Waals surface area contributed by atoms with Crippen molar-refractivity contribution in [2.24, 2.45) is 0 Å². The number of carbonyl (C=O) groups excluding carboxylic acids is 1. The van der Waals surface area contributed by atoms with Crippen LogP contribution in [0.3, 0.4) is 0 Å². The van der Waals surface area contributed by atoms with Gasteiger partial charge in [0.05, 0.1) is 0 Å². The molecule has 21 heavy (non-hydrogen) atoms. The Morgan fingerprint density at radius 2 is 1.95 bits per heavy atom. The molecule has 0 spiro atoms. The van der Waals surface area contributed by atoms with E-state index in [-0.39, 0.29) is 18.5 Å². The van der Waals surface area contributed by atoms with Gasteiger partial charge in [-0.05, 0) is 37.6 Å². The Kier molecular flexibility index (Phi) is 7.61. The topological polar surface area (TPSA) is 57.6 Å². The second-order valence-corrected chi connectivity index (χ2v) is 6.33. The smallest absolute Gasteiger partial charge is 0.323 e. The molecule has 1 rings (SSSR count). The van der Waals surface area contributed by atoms with Crippen LogP contribution in [0.5, 0.6) is 0 Å². The van der Waals surface area contributed by atoms with Crippen LogP contribution in [0.4, 0.5) is 0 Å². The third kappa shape index (κ3) is 6.40. The number of thioether (sulfide) groups is 1. The first-order chi connectivity index (χ1) is 9.93. The van der Waals surface area contributed by atoms with Gasteiger partial charge in [-0.15, -0.1) is 11.8 Å². The van der Waals surface area contributed by atoms with E-state index in [1.165, 1.54) is 4.90 Å². The normalized spacial score (nSPS) is 12.0. The fourth-order valence-corrected chi connectivity index (χ4v) is 2.75. The van der Waals surface area contributed by atoms with Gasteiger partial charge in [0.25, 0.3) is 0 Å². The van der Waals surface area contributed by atoms with Crippen molar-refractivity contribution in [3.05, 3.63) is 29.3 Å². The lowest BCUT2D eigenvalue weighted by molar-refractivity contribution is -0.145. The van der Waals surface area contributed by atoms with Gasteiger partial charge in [-0.3, -0.25) is 9.59 Å². The Hall–Kier alpha value is -1.20. The zero-order chi connectivity index (χ0) is 15.8. The fraction of sp³-hybridized carbons (Fsp3) is 0.467. The molecule has 6 heteroatoms. The lowest BCUT2D eigenvalue weighted by atomic mass is 10.2. The Labute approximate surface area is 134 Å². The predicted octanol–water partition coefficient (Wildman–Crippen LogP) is 3.53. The summed E-state index contributed by atoms with van der Waals surface area (Å²) in [5, 5.41) is 9.58. The van der Waals surface area contributed by atoms with Crippen LogP contribution in [0.2, 0.25) is 5.02 Å². The van der Waals surface area contributed by atoms with Crippen molar-refractivity contribution >= 4 is 35.2 Å². The monoisotopic (exact) mass is 329 g/mol. The number of benzene rings is 1. The maximum Gasteiger partial charge on any atom is 0.323 e. The molecule has 1 unspecified atom stereocenters. The van der Waals surface area contributed by atoms with Crippen LogP contribution in [0.15, 0.2) is 29.2 Å². The van der Waals surface area contributed by atoms with Gasteiger partial charge in [0.2, 0.25) is 5.91 Å². The first kappa shape index (κ1) is 17.9. The van der Waals surface area contributed by atoms with Gasteiger partial charge in [-0.1, -0.05) is 18.5 Å². The van der Waals surface area contributed by atoms with E-state index in [1.807, 2.05) is 38.1 Å². The molecule has 0 saturated carbocycles. The molecule has 1 aromatic rings. The highest BCUT2D eigenvalue weighted by Gasteiger charge is 2.20. The molecule has 0 aliphatic carbocycles. The third-order valence-electron chi connectivity index (χ3n) is 3.15. The maximum atomic E-state index is 12.2. The summed E-state index contributed by atoms with van der Waals surface area (Å²) in [5.74, 6) is -0.477. The Morgan fingerprint density at radius 1 is 1.33 bits per heavy atom. The van der Waals surface area contributed by atoms with E-state index in [2.05, 4.69) is 0 Å². The van der Waals surface area contributed by atoms with E-state index < -0.39 is 5.97 Å². The zero-order valence-corrected chi connectivity index (χ0v) is 13.8. The zero-order valence-electron chi connectivity index (χ0n) is 12.2. The lowest BCUT2D eigenvalue weighted by Crippen LogP contribution is -2.41. The summed E-state index contributed by atoms with van der Waals surface area (Å²) >= 11 is 7.37. The number of nitrogens with zero attached hydrogens (tertiary/aromatic N) is 1. The average Bonchev–Trinajstić information content (AvgIpc) is 2.45. The number of hydrogen-bond acceptors (Lipinski definition) is 3. The first-order valence-electron chi connectivity index (χ1n) is 6.83. The molecule has 0 aliphatic rings. The van der Waals surface area contributed by atoms with Gasteiger partial charge in [0, 0.05) is 28.1 Å². The molecule has 0 heterocycles. The second kappa shape index (κ2) is 8.95.